The summed E-state index contributed by atoms with van der Waals surface area (Å²) >= 11 is 0. The Morgan fingerprint density at radius 2 is 2.15 bits per heavy atom. The number of hydrogen-bond acceptors (Lipinski definition) is 3. The average molecular weight is 188 g/mol. The molecule has 0 saturated heterocycles. The van der Waals surface area contributed by atoms with Crippen molar-refractivity contribution in [3.63, 3.8) is 0 Å². The number of carboxylic acids is 1. The van der Waals surface area contributed by atoms with Gasteiger partial charge in [-0.05, 0) is 19.8 Å². The number of carboxylic acid groups (broad SMARTS) is 1. The summed E-state index contributed by atoms with van der Waals surface area (Å²) in [5.41, 5.74) is 5.25. The van der Waals surface area contributed by atoms with Crippen LogP contribution in [0.2, 0.25) is 0 Å². The molecule has 1 unspecified atom stereocenters. The third kappa shape index (κ3) is 6.10. The van der Waals surface area contributed by atoms with E-state index in [1.54, 1.807) is 0 Å². The van der Waals surface area contributed by atoms with E-state index < -0.39 is 12.0 Å². The molecule has 13 heavy (non-hydrogen) atoms. The summed E-state index contributed by atoms with van der Waals surface area (Å²) < 4.78 is 0. The second kappa shape index (κ2) is 6.42. The number of carbonyl (C=O) groups excluding carboxylic acids is 1. The van der Waals surface area contributed by atoms with Gasteiger partial charge in [0.05, 0.1) is 0 Å². The van der Waals surface area contributed by atoms with Gasteiger partial charge in [0.2, 0.25) is 5.91 Å². The summed E-state index contributed by atoms with van der Waals surface area (Å²) in [6.45, 7) is 2.44. The fraction of sp³-hybridized carbons (Fsp3) is 0.750. The molecule has 4 N–H and O–H groups in total. The van der Waals surface area contributed by atoms with Gasteiger partial charge in [0, 0.05) is 13.0 Å². The minimum Gasteiger partial charge on any atom is -0.480 e. The molecule has 5 heteroatoms. The molecule has 0 heterocycles. The zero-order valence-electron chi connectivity index (χ0n) is 7.75. The Kier molecular flexibility index (Phi) is 5.88. The highest BCUT2D eigenvalue weighted by Gasteiger charge is 2.11. The lowest BCUT2D eigenvalue weighted by Gasteiger charge is -2.05. The van der Waals surface area contributed by atoms with Crippen molar-refractivity contribution in [1.29, 1.82) is 0 Å². The van der Waals surface area contributed by atoms with Gasteiger partial charge in [-0.2, -0.15) is 0 Å². The Bertz CT molecular complexity index is 182. The first kappa shape index (κ1) is 11.9. The summed E-state index contributed by atoms with van der Waals surface area (Å²) in [5.74, 6) is -1.07. The fourth-order valence-corrected chi connectivity index (χ4v) is 0.892. The van der Waals surface area contributed by atoms with Crippen molar-refractivity contribution in [2.75, 3.05) is 6.54 Å². The van der Waals surface area contributed by atoms with Crippen molar-refractivity contribution in [2.45, 2.75) is 32.2 Å². The van der Waals surface area contributed by atoms with Crippen molar-refractivity contribution in [3.05, 3.63) is 0 Å². The lowest BCUT2D eigenvalue weighted by molar-refractivity contribution is -0.138. The maximum Gasteiger partial charge on any atom is 0.320 e. The van der Waals surface area contributed by atoms with Gasteiger partial charge in [0.25, 0.3) is 0 Å². The normalized spacial score (nSPS) is 12.2. The standard InChI is InChI=1S/C8H16N2O3/c1-2-10-7(11)5-3-4-6(9)8(12)13/h6H,2-5,9H2,1H3,(H,10,11)(H,12,13). The maximum absolute atomic E-state index is 10.9. The molecular weight excluding hydrogens is 172 g/mol. The van der Waals surface area contributed by atoms with Gasteiger partial charge in [-0.1, -0.05) is 0 Å². The van der Waals surface area contributed by atoms with Gasteiger partial charge in [0.1, 0.15) is 6.04 Å². The van der Waals surface area contributed by atoms with Crippen LogP contribution in [0.25, 0.3) is 0 Å². The molecule has 0 rings (SSSR count). The lowest BCUT2D eigenvalue weighted by atomic mass is 10.1. The highest BCUT2D eigenvalue weighted by atomic mass is 16.4. The molecule has 0 spiro atoms. The first-order valence-corrected chi connectivity index (χ1v) is 4.33. The number of hydrogen-bond donors (Lipinski definition) is 3. The largest absolute Gasteiger partial charge is 0.480 e. The molecule has 0 fully saturated rings. The summed E-state index contributed by atoms with van der Waals surface area (Å²) in [6, 6.07) is -0.852. The van der Waals surface area contributed by atoms with Crippen molar-refractivity contribution in [1.82, 2.24) is 5.32 Å². The van der Waals surface area contributed by atoms with Crippen LogP contribution in [-0.4, -0.2) is 29.6 Å². The van der Waals surface area contributed by atoms with Gasteiger partial charge in [-0.3, -0.25) is 9.59 Å². The Labute approximate surface area is 77.3 Å². The van der Waals surface area contributed by atoms with Gasteiger partial charge >= 0.3 is 5.97 Å². The third-order valence-corrected chi connectivity index (χ3v) is 1.61. The van der Waals surface area contributed by atoms with Crippen molar-refractivity contribution in [3.8, 4) is 0 Å². The predicted molar refractivity (Wildman–Crippen MR) is 48.1 cm³/mol. The smallest absolute Gasteiger partial charge is 0.320 e. The molecule has 0 aromatic carbocycles. The van der Waals surface area contributed by atoms with Crippen LogP contribution in [0.1, 0.15) is 26.2 Å². The average Bonchev–Trinajstić information content (AvgIpc) is 2.04. The monoisotopic (exact) mass is 188 g/mol. The Balaban J connectivity index is 3.44. The molecule has 1 amide bonds. The van der Waals surface area contributed by atoms with Gasteiger partial charge in [-0.15, -0.1) is 0 Å². The van der Waals surface area contributed by atoms with E-state index >= 15 is 0 Å². The zero-order chi connectivity index (χ0) is 10.3. The quantitative estimate of drug-likeness (QED) is 0.533. The second-order valence-corrected chi connectivity index (χ2v) is 2.79. The fourth-order valence-electron chi connectivity index (χ4n) is 0.892. The van der Waals surface area contributed by atoms with E-state index in [0.717, 1.165) is 0 Å². The topological polar surface area (TPSA) is 92.4 Å². The number of nitrogens with one attached hydrogen (secondary N) is 1. The molecule has 5 nitrogen and oxygen atoms in total. The van der Waals surface area contributed by atoms with Gasteiger partial charge in [0.15, 0.2) is 0 Å². The predicted octanol–water partition coefficient (Wildman–Crippen LogP) is -0.295. The molecule has 0 aliphatic rings. The molecular formula is C8H16N2O3. The minimum atomic E-state index is -1.02. The number of amides is 1. The molecule has 0 aromatic heterocycles. The van der Waals surface area contributed by atoms with Crippen molar-refractivity contribution < 1.29 is 14.7 Å². The molecule has 76 valence electrons. The lowest BCUT2D eigenvalue weighted by Crippen LogP contribution is -2.30. The van der Waals surface area contributed by atoms with Crippen LogP contribution in [0, 0.1) is 0 Å². The minimum absolute atomic E-state index is 0.0555. The first-order valence-electron chi connectivity index (χ1n) is 4.33. The van der Waals surface area contributed by atoms with Crippen LogP contribution in [0.5, 0.6) is 0 Å². The van der Waals surface area contributed by atoms with Crippen LogP contribution in [0.15, 0.2) is 0 Å². The van der Waals surface area contributed by atoms with E-state index in [1.165, 1.54) is 0 Å². The van der Waals surface area contributed by atoms with E-state index in [-0.39, 0.29) is 5.91 Å². The van der Waals surface area contributed by atoms with E-state index in [4.69, 9.17) is 10.8 Å². The van der Waals surface area contributed by atoms with Crippen LogP contribution in [0.3, 0.4) is 0 Å². The molecule has 0 aromatic rings. The van der Waals surface area contributed by atoms with Crippen LogP contribution in [-0.2, 0) is 9.59 Å². The maximum atomic E-state index is 10.9. The zero-order valence-corrected chi connectivity index (χ0v) is 7.75. The van der Waals surface area contributed by atoms with E-state index in [9.17, 15) is 9.59 Å². The second-order valence-electron chi connectivity index (χ2n) is 2.79. The Hall–Kier alpha value is -1.10. The third-order valence-electron chi connectivity index (χ3n) is 1.61. The highest BCUT2D eigenvalue weighted by molar-refractivity contribution is 5.76. The number of carbonyl (C=O) groups is 2. The van der Waals surface area contributed by atoms with Crippen LogP contribution >= 0.6 is 0 Å². The molecule has 0 radical (unpaired) electrons. The Morgan fingerprint density at radius 1 is 1.54 bits per heavy atom. The molecule has 0 bridgehead atoms. The van der Waals surface area contributed by atoms with Gasteiger partial charge < -0.3 is 16.2 Å². The SMILES string of the molecule is CCNC(=O)CCCC(N)C(=O)O. The van der Waals surface area contributed by atoms with Crippen LogP contribution < -0.4 is 11.1 Å². The van der Waals surface area contributed by atoms with E-state index in [1.807, 2.05) is 6.92 Å². The molecule has 1 atom stereocenters. The number of nitrogens with two attached hydrogens (primary N) is 1. The Morgan fingerprint density at radius 3 is 2.62 bits per heavy atom. The van der Waals surface area contributed by atoms with Crippen molar-refractivity contribution in [2.24, 2.45) is 5.73 Å². The summed E-state index contributed by atoms with van der Waals surface area (Å²) in [6.07, 6.45) is 1.20. The summed E-state index contributed by atoms with van der Waals surface area (Å²) in [5, 5.41) is 11.0. The first-order chi connectivity index (χ1) is 6.07. The van der Waals surface area contributed by atoms with Crippen molar-refractivity contribution >= 4 is 11.9 Å². The molecule has 0 aliphatic carbocycles. The highest BCUT2D eigenvalue weighted by Crippen LogP contribution is 1.98. The number of aliphatic carboxylic acids is 1. The number of rotatable bonds is 6. The molecule has 0 saturated carbocycles. The van der Waals surface area contributed by atoms with E-state index in [2.05, 4.69) is 5.32 Å². The van der Waals surface area contributed by atoms with Crippen LogP contribution in [0.4, 0.5) is 0 Å². The summed E-state index contributed by atoms with van der Waals surface area (Å²) in [7, 11) is 0. The summed E-state index contributed by atoms with van der Waals surface area (Å²) in [4.78, 5) is 21.2. The van der Waals surface area contributed by atoms with E-state index in [0.29, 0.717) is 25.8 Å². The van der Waals surface area contributed by atoms with Gasteiger partial charge in [-0.25, -0.2) is 0 Å². The molecule has 0 aliphatic heterocycles.